The van der Waals surface area contributed by atoms with E-state index in [4.69, 9.17) is 19.7 Å². The van der Waals surface area contributed by atoms with Crippen molar-refractivity contribution in [2.75, 3.05) is 11.1 Å². The number of carboxylic acids is 2. The Morgan fingerprint density at radius 1 is 0.846 bits per heavy atom. The molecule has 0 radical (unpaired) electrons. The van der Waals surface area contributed by atoms with Crippen molar-refractivity contribution in [1.29, 1.82) is 0 Å². The highest BCUT2D eigenvalue weighted by molar-refractivity contribution is 7.99. The van der Waals surface area contributed by atoms with E-state index in [2.05, 4.69) is 5.32 Å². The number of carbonyl (C=O) groups excluding carboxylic acids is 1. The van der Waals surface area contributed by atoms with Crippen molar-refractivity contribution in [2.24, 2.45) is 0 Å². The third kappa shape index (κ3) is 8.14. The van der Waals surface area contributed by atoms with Crippen molar-refractivity contribution in [2.45, 2.75) is 49.3 Å². The van der Waals surface area contributed by atoms with E-state index in [-0.39, 0.29) is 43.1 Å². The van der Waals surface area contributed by atoms with Gasteiger partial charge in [0.05, 0.1) is 30.8 Å². The number of thioether (sulfide) groups is 1. The molecule has 1 aliphatic rings. The van der Waals surface area contributed by atoms with E-state index in [1.165, 1.54) is 0 Å². The normalized spacial score (nSPS) is 18.8. The number of aliphatic hydroxyl groups excluding tert-OH is 1. The molecular weight excluding hydrogens is 522 g/mol. The molecule has 39 heavy (non-hydrogen) atoms. The van der Waals surface area contributed by atoms with Crippen LogP contribution >= 0.6 is 11.8 Å². The quantitative estimate of drug-likeness (QED) is 0.242. The maximum absolute atomic E-state index is 12.0. The first kappa shape index (κ1) is 28.3. The van der Waals surface area contributed by atoms with Gasteiger partial charge in [0.1, 0.15) is 0 Å². The second-order valence-corrected chi connectivity index (χ2v) is 10.1. The lowest BCUT2D eigenvalue weighted by Gasteiger charge is -2.36. The van der Waals surface area contributed by atoms with Gasteiger partial charge in [0, 0.05) is 34.7 Å². The average Bonchev–Trinajstić information content (AvgIpc) is 2.95. The number of hydrogen-bond donors (Lipinski definition) is 4. The van der Waals surface area contributed by atoms with Crippen molar-refractivity contribution in [1.82, 2.24) is 0 Å². The molecule has 1 saturated heterocycles. The number of aliphatic hydroxyl groups is 1. The van der Waals surface area contributed by atoms with Crippen LogP contribution in [0.2, 0.25) is 0 Å². The molecule has 3 aromatic rings. The molecule has 204 valence electrons. The van der Waals surface area contributed by atoms with Crippen LogP contribution in [0.5, 0.6) is 0 Å². The summed E-state index contributed by atoms with van der Waals surface area (Å²) >= 11 is 1.57. The topological polar surface area (TPSA) is 142 Å². The van der Waals surface area contributed by atoms with Gasteiger partial charge in [-0.1, -0.05) is 36.4 Å². The lowest BCUT2D eigenvalue weighted by molar-refractivity contribution is -0.245. The number of rotatable bonds is 11. The molecule has 0 unspecified atom stereocenters. The third-order valence-electron chi connectivity index (χ3n) is 6.18. The summed E-state index contributed by atoms with van der Waals surface area (Å²) in [6, 6.07) is 21.3. The first-order valence-electron chi connectivity index (χ1n) is 12.4. The van der Waals surface area contributed by atoms with Gasteiger partial charge < -0.3 is 30.1 Å². The second kappa shape index (κ2) is 13.4. The molecule has 4 N–H and O–H groups in total. The molecule has 4 rings (SSSR count). The van der Waals surface area contributed by atoms with Gasteiger partial charge in [-0.05, 0) is 47.5 Å². The molecule has 10 heteroatoms. The smallest absolute Gasteiger partial charge is 0.335 e. The molecule has 0 saturated carbocycles. The fourth-order valence-electron chi connectivity index (χ4n) is 4.07. The highest BCUT2D eigenvalue weighted by Gasteiger charge is 2.32. The first-order valence-corrected chi connectivity index (χ1v) is 13.4. The van der Waals surface area contributed by atoms with Crippen LogP contribution in [0.1, 0.15) is 58.7 Å². The molecule has 1 heterocycles. The molecule has 0 bridgehead atoms. The molecule has 1 aliphatic heterocycles. The van der Waals surface area contributed by atoms with E-state index < -0.39 is 18.2 Å². The average molecular weight is 552 g/mol. The fourth-order valence-corrected chi connectivity index (χ4v) is 4.99. The Morgan fingerprint density at radius 2 is 1.51 bits per heavy atom. The number of benzene rings is 3. The minimum Gasteiger partial charge on any atom is -0.481 e. The summed E-state index contributed by atoms with van der Waals surface area (Å²) in [6.45, 7) is -0.0450. The Labute approximate surface area is 229 Å². The zero-order valence-electron chi connectivity index (χ0n) is 21.0. The number of carboxylic acid groups (broad SMARTS) is 2. The van der Waals surface area contributed by atoms with Crippen molar-refractivity contribution >= 4 is 35.3 Å². The Balaban J connectivity index is 1.46. The predicted molar refractivity (Wildman–Crippen MR) is 144 cm³/mol. The van der Waals surface area contributed by atoms with Crippen LogP contribution in [0.25, 0.3) is 0 Å². The Bertz CT molecular complexity index is 1280. The van der Waals surface area contributed by atoms with Gasteiger partial charge in [-0.3, -0.25) is 9.59 Å². The van der Waals surface area contributed by atoms with Gasteiger partial charge in [0.2, 0.25) is 5.91 Å². The van der Waals surface area contributed by atoms with E-state index in [9.17, 15) is 19.5 Å². The lowest BCUT2D eigenvalue weighted by atomic mass is 10.0. The maximum atomic E-state index is 12.0. The molecule has 0 aromatic heterocycles. The van der Waals surface area contributed by atoms with E-state index in [0.717, 1.165) is 21.6 Å². The van der Waals surface area contributed by atoms with Crippen LogP contribution in [-0.4, -0.2) is 45.0 Å². The number of hydrogen-bond acceptors (Lipinski definition) is 7. The molecule has 0 aliphatic carbocycles. The highest BCUT2D eigenvalue weighted by atomic mass is 32.2. The van der Waals surface area contributed by atoms with Crippen LogP contribution in [0.4, 0.5) is 5.69 Å². The van der Waals surface area contributed by atoms with Gasteiger partial charge in [-0.15, -0.1) is 11.8 Å². The van der Waals surface area contributed by atoms with Crippen LogP contribution in [0.15, 0.2) is 77.7 Å². The number of amides is 1. The molecule has 1 fully saturated rings. The Hall–Kier alpha value is -3.70. The van der Waals surface area contributed by atoms with Gasteiger partial charge in [0.15, 0.2) is 6.29 Å². The SMILES string of the molecule is O=C(O)CCC(=O)Nc1ccc([C@H]2O[C@@H](CSc3ccc(C(=O)O)cc3)C[C@@H](c3ccc(CO)cc3)O2)cc1. The minimum atomic E-state index is -1.03. The summed E-state index contributed by atoms with van der Waals surface area (Å²) in [6.07, 6.45) is -0.846. The zero-order valence-corrected chi connectivity index (χ0v) is 21.8. The maximum Gasteiger partial charge on any atom is 0.335 e. The summed E-state index contributed by atoms with van der Waals surface area (Å²) in [5.74, 6) is -1.76. The standard InChI is InChI=1S/C29H29NO8S/c31-16-18-1-3-19(4-2-18)25-15-23(17-39-24-11-7-20(8-12-24)28(35)36)37-29(38-25)21-5-9-22(10-6-21)30-26(32)13-14-27(33)34/h1-12,23,25,29,31H,13-17H2,(H,30,32)(H,33,34)(H,35,36)/t23-,25+,29+/m1/s1. The van der Waals surface area contributed by atoms with Crippen LogP contribution in [0, 0.1) is 0 Å². The number of ether oxygens (including phenoxy) is 2. The van der Waals surface area contributed by atoms with Gasteiger partial charge in [-0.2, -0.15) is 0 Å². The number of aliphatic carboxylic acids is 1. The van der Waals surface area contributed by atoms with Crippen molar-refractivity contribution in [3.8, 4) is 0 Å². The van der Waals surface area contributed by atoms with E-state index in [1.807, 2.05) is 24.3 Å². The number of aromatic carboxylic acids is 1. The Morgan fingerprint density at radius 3 is 2.13 bits per heavy atom. The summed E-state index contributed by atoms with van der Waals surface area (Å²) in [5, 5.41) is 30.0. The first-order chi connectivity index (χ1) is 18.8. The minimum absolute atomic E-state index is 0.0450. The molecule has 3 aromatic carbocycles. The van der Waals surface area contributed by atoms with E-state index in [1.54, 1.807) is 60.3 Å². The van der Waals surface area contributed by atoms with Gasteiger partial charge in [-0.25, -0.2) is 4.79 Å². The van der Waals surface area contributed by atoms with Crippen molar-refractivity contribution in [3.63, 3.8) is 0 Å². The summed E-state index contributed by atoms with van der Waals surface area (Å²) < 4.78 is 12.6. The van der Waals surface area contributed by atoms with Gasteiger partial charge >= 0.3 is 11.9 Å². The molecular formula is C29H29NO8S. The van der Waals surface area contributed by atoms with Gasteiger partial charge in [0.25, 0.3) is 0 Å². The lowest BCUT2D eigenvalue weighted by Crippen LogP contribution is -2.31. The monoisotopic (exact) mass is 551 g/mol. The molecule has 9 nitrogen and oxygen atoms in total. The predicted octanol–water partition coefficient (Wildman–Crippen LogP) is 5.02. The third-order valence-corrected chi connectivity index (χ3v) is 7.33. The van der Waals surface area contributed by atoms with Crippen molar-refractivity contribution in [3.05, 3.63) is 95.1 Å². The van der Waals surface area contributed by atoms with Crippen LogP contribution in [0.3, 0.4) is 0 Å². The van der Waals surface area contributed by atoms with Crippen LogP contribution in [-0.2, 0) is 25.7 Å². The number of carbonyl (C=O) groups is 3. The number of anilines is 1. The molecule has 1 amide bonds. The van der Waals surface area contributed by atoms with E-state index in [0.29, 0.717) is 17.9 Å². The largest absolute Gasteiger partial charge is 0.481 e. The second-order valence-electron chi connectivity index (χ2n) is 9.05. The highest BCUT2D eigenvalue weighted by Crippen LogP contribution is 2.39. The summed E-state index contributed by atoms with van der Waals surface area (Å²) in [4.78, 5) is 34.7. The number of nitrogens with one attached hydrogen (secondary N) is 1. The zero-order chi connectivity index (χ0) is 27.8. The summed E-state index contributed by atoms with van der Waals surface area (Å²) in [5.41, 5.74) is 3.30. The van der Waals surface area contributed by atoms with E-state index >= 15 is 0 Å². The Kier molecular flexibility index (Phi) is 9.72. The van der Waals surface area contributed by atoms with Crippen LogP contribution < -0.4 is 5.32 Å². The van der Waals surface area contributed by atoms with Crippen molar-refractivity contribution < 1.29 is 39.2 Å². The summed E-state index contributed by atoms with van der Waals surface area (Å²) in [7, 11) is 0. The molecule has 3 atom stereocenters. The molecule has 0 spiro atoms. The fraction of sp³-hybridized carbons (Fsp3) is 0.276.